The van der Waals surface area contributed by atoms with Gasteiger partial charge < -0.3 is 25.0 Å². The number of aromatic hydroxyl groups is 1. The molecule has 0 atom stereocenters. The Labute approximate surface area is 177 Å². The maximum atomic E-state index is 9.65. The minimum absolute atomic E-state index is 0. The molecule has 0 fully saturated rings. The van der Waals surface area contributed by atoms with Crippen molar-refractivity contribution in [3.63, 3.8) is 0 Å². The third-order valence-corrected chi connectivity index (χ3v) is 3.92. The van der Waals surface area contributed by atoms with Crippen molar-refractivity contribution in [2.75, 3.05) is 26.7 Å². The second-order valence-corrected chi connectivity index (χ2v) is 5.74. The predicted molar refractivity (Wildman–Crippen MR) is 117 cm³/mol. The lowest BCUT2D eigenvalue weighted by Gasteiger charge is -2.12. The van der Waals surface area contributed by atoms with E-state index in [2.05, 4.69) is 32.7 Å². The Hall–Kier alpha value is -2.04. The average molecular weight is 488 g/mol. The number of nitrogens with one attached hydrogen (secondary N) is 2. The quantitative estimate of drug-likeness (QED) is 0.284. The van der Waals surface area contributed by atoms with E-state index in [0.29, 0.717) is 12.3 Å². The van der Waals surface area contributed by atoms with E-state index in [-0.39, 0.29) is 29.7 Å². The minimum Gasteiger partial charge on any atom is -0.504 e. The van der Waals surface area contributed by atoms with Crippen LogP contribution in [0.4, 0.5) is 0 Å². The molecule has 1 heterocycles. The molecule has 2 aromatic rings. The molecule has 2 rings (SSSR count). The Balaban J connectivity index is 0.00000364. The highest BCUT2D eigenvalue weighted by Crippen LogP contribution is 2.26. The van der Waals surface area contributed by atoms with Gasteiger partial charge in [-0.05, 0) is 31.0 Å². The number of phenolic OH excluding ortho intramolecular Hbond substituents is 1. The Morgan fingerprint density at radius 3 is 2.81 bits per heavy atom. The first-order valence-corrected chi connectivity index (χ1v) is 8.92. The highest BCUT2D eigenvalue weighted by molar-refractivity contribution is 14.0. The molecule has 0 aliphatic rings. The molecule has 0 bridgehead atoms. The van der Waals surface area contributed by atoms with Gasteiger partial charge in [-0.2, -0.15) is 0 Å². The molecule has 1 aromatic heterocycles. The van der Waals surface area contributed by atoms with E-state index in [1.54, 1.807) is 19.5 Å². The van der Waals surface area contributed by atoms with Crippen LogP contribution in [0, 0.1) is 0 Å². The van der Waals surface area contributed by atoms with Crippen molar-refractivity contribution in [1.82, 2.24) is 25.4 Å². The van der Waals surface area contributed by atoms with Crippen LogP contribution >= 0.6 is 24.0 Å². The maximum absolute atomic E-state index is 9.65. The normalized spacial score (nSPS) is 11.0. The number of nitrogens with zero attached hydrogens (tertiary/aromatic N) is 4. The number of aromatic nitrogens is 3. The Morgan fingerprint density at radius 2 is 2.11 bits per heavy atom. The zero-order chi connectivity index (χ0) is 18.8. The molecule has 0 amide bonds. The summed E-state index contributed by atoms with van der Waals surface area (Å²) in [7, 11) is 1.55. The molecule has 0 aliphatic carbocycles. The first-order chi connectivity index (χ1) is 12.7. The highest BCUT2D eigenvalue weighted by atomic mass is 127. The van der Waals surface area contributed by atoms with Gasteiger partial charge in [-0.15, -0.1) is 34.2 Å². The van der Waals surface area contributed by atoms with E-state index in [0.717, 1.165) is 49.8 Å². The smallest absolute Gasteiger partial charge is 0.191 e. The molecule has 0 aliphatic heterocycles. The van der Waals surface area contributed by atoms with Crippen LogP contribution in [-0.2, 0) is 19.4 Å². The summed E-state index contributed by atoms with van der Waals surface area (Å²) in [5.41, 5.74) is 1.07. The zero-order valence-electron chi connectivity index (χ0n) is 16.1. The Morgan fingerprint density at radius 1 is 1.30 bits per heavy atom. The molecule has 0 unspecified atom stereocenters. The molecule has 3 N–H and O–H groups in total. The summed E-state index contributed by atoms with van der Waals surface area (Å²) >= 11 is 0. The van der Waals surface area contributed by atoms with Crippen LogP contribution in [0.3, 0.4) is 0 Å². The van der Waals surface area contributed by atoms with Crippen molar-refractivity contribution >= 4 is 29.9 Å². The number of benzene rings is 1. The summed E-state index contributed by atoms with van der Waals surface area (Å²) in [6, 6.07) is 5.36. The van der Waals surface area contributed by atoms with Gasteiger partial charge in [0.15, 0.2) is 17.5 Å². The fourth-order valence-electron chi connectivity index (χ4n) is 2.55. The van der Waals surface area contributed by atoms with Gasteiger partial charge in [0.05, 0.1) is 7.11 Å². The first kappa shape index (κ1) is 23.0. The van der Waals surface area contributed by atoms with Crippen molar-refractivity contribution in [1.29, 1.82) is 0 Å². The number of methoxy groups -OCH3 is 1. The van der Waals surface area contributed by atoms with E-state index < -0.39 is 0 Å². The van der Waals surface area contributed by atoms with Crippen molar-refractivity contribution in [3.8, 4) is 11.5 Å². The SMILES string of the molecule is CCNC(=NCCc1ccc(O)c(OC)c1)NCCn1cnnc1CC.I. The van der Waals surface area contributed by atoms with Gasteiger partial charge in [0.2, 0.25) is 0 Å². The topological polar surface area (TPSA) is 96.6 Å². The largest absolute Gasteiger partial charge is 0.504 e. The van der Waals surface area contributed by atoms with Gasteiger partial charge in [-0.3, -0.25) is 4.99 Å². The van der Waals surface area contributed by atoms with Crippen LogP contribution < -0.4 is 15.4 Å². The summed E-state index contributed by atoms with van der Waals surface area (Å²) in [6.45, 7) is 7.07. The summed E-state index contributed by atoms with van der Waals surface area (Å²) < 4.78 is 7.18. The average Bonchev–Trinajstić information content (AvgIpc) is 3.10. The second kappa shape index (κ2) is 12.4. The van der Waals surface area contributed by atoms with Crippen LogP contribution in [0.25, 0.3) is 0 Å². The van der Waals surface area contributed by atoms with Gasteiger partial charge in [-0.1, -0.05) is 13.0 Å². The number of phenols is 1. The molecule has 0 saturated heterocycles. The van der Waals surface area contributed by atoms with Crippen LogP contribution in [0.1, 0.15) is 25.2 Å². The number of halogens is 1. The van der Waals surface area contributed by atoms with Crippen LogP contribution in [0.5, 0.6) is 11.5 Å². The van der Waals surface area contributed by atoms with Crippen molar-refractivity contribution in [2.45, 2.75) is 33.2 Å². The number of rotatable bonds is 9. The van der Waals surface area contributed by atoms with E-state index >= 15 is 0 Å². The number of aryl methyl sites for hydroxylation is 1. The molecule has 8 nitrogen and oxygen atoms in total. The molecule has 1 aromatic carbocycles. The number of ether oxygens (including phenoxy) is 1. The van der Waals surface area contributed by atoms with E-state index in [1.807, 2.05) is 23.6 Å². The lowest BCUT2D eigenvalue weighted by atomic mass is 10.1. The van der Waals surface area contributed by atoms with Gasteiger partial charge in [0.25, 0.3) is 0 Å². The maximum Gasteiger partial charge on any atom is 0.191 e. The molecule has 27 heavy (non-hydrogen) atoms. The van der Waals surface area contributed by atoms with Crippen molar-refractivity contribution < 1.29 is 9.84 Å². The Bertz CT molecular complexity index is 720. The van der Waals surface area contributed by atoms with Crippen molar-refractivity contribution in [3.05, 3.63) is 35.9 Å². The third kappa shape index (κ3) is 7.24. The molecule has 0 saturated carbocycles. The van der Waals surface area contributed by atoms with Gasteiger partial charge in [-0.25, -0.2) is 0 Å². The monoisotopic (exact) mass is 488 g/mol. The minimum atomic E-state index is 0. The van der Waals surface area contributed by atoms with Gasteiger partial charge >= 0.3 is 0 Å². The fourth-order valence-corrected chi connectivity index (χ4v) is 2.55. The molecule has 0 radical (unpaired) electrons. The first-order valence-electron chi connectivity index (χ1n) is 8.92. The lowest BCUT2D eigenvalue weighted by Crippen LogP contribution is -2.39. The van der Waals surface area contributed by atoms with E-state index in [1.165, 1.54) is 0 Å². The molecule has 0 spiro atoms. The third-order valence-electron chi connectivity index (χ3n) is 3.92. The summed E-state index contributed by atoms with van der Waals surface area (Å²) in [4.78, 5) is 4.60. The number of aliphatic imine (C=N–C) groups is 1. The highest BCUT2D eigenvalue weighted by Gasteiger charge is 2.04. The Kier molecular flexibility index (Phi) is 10.5. The van der Waals surface area contributed by atoms with E-state index in [4.69, 9.17) is 4.74 Å². The zero-order valence-corrected chi connectivity index (χ0v) is 18.4. The molecular weight excluding hydrogens is 459 g/mol. The standard InChI is InChI=1S/C18H28N6O2.HI/c1-4-17-23-22-13-24(17)11-10-21-18(19-5-2)20-9-8-14-6-7-15(25)16(12-14)26-3;/h6-7,12-13,25H,4-5,8-11H2,1-3H3,(H2,19,20,21);1H. The van der Waals surface area contributed by atoms with Gasteiger partial charge in [0, 0.05) is 32.6 Å². The second-order valence-electron chi connectivity index (χ2n) is 5.74. The predicted octanol–water partition coefficient (Wildman–Crippen LogP) is 1.97. The molecule has 9 heteroatoms. The number of hydrogen-bond donors (Lipinski definition) is 3. The summed E-state index contributed by atoms with van der Waals surface area (Å²) in [6.07, 6.45) is 3.38. The number of hydrogen-bond acceptors (Lipinski definition) is 5. The van der Waals surface area contributed by atoms with Crippen molar-refractivity contribution in [2.24, 2.45) is 4.99 Å². The van der Waals surface area contributed by atoms with Crippen LogP contribution in [0.2, 0.25) is 0 Å². The summed E-state index contributed by atoms with van der Waals surface area (Å²) in [5.74, 6) is 2.40. The fraction of sp³-hybridized carbons (Fsp3) is 0.500. The molecular formula is C18H29IN6O2. The molecule has 150 valence electrons. The van der Waals surface area contributed by atoms with Crippen LogP contribution in [-0.4, -0.2) is 52.6 Å². The van der Waals surface area contributed by atoms with Gasteiger partial charge in [0.1, 0.15) is 12.2 Å². The summed E-state index contributed by atoms with van der Waals surface area (Å²) in [5, 5.41) is 24.2. The lowest BCUT2D eigenvalue weighted by molar-refractivity contribution is 0.373. The van der Waals surface area contributed by atoms with Crippen LogP contribution in [0.15, 0.2) is 29.5 Å². The number of guanidine groups is 1. The van der Waals surface area contributed by atoms with E-state index in [9.17, 15) is 5.11 Å².